The normalized spacial score (nSPS) is 12.3. The molecule has 0 radical (unpaired) electrons. The van der Waals surface area contributed by atoms with Gasteiger partial charge in [-0.15, -0.1) is 0 Å². The monoisotopic (exact) mass is 927 g/mol. The van der Waals surface area contributed by atoms with Gasteiger partial charge in [-0.3, -0.25) is 9.59 Å². The molecule has 1 atom stereocenters. The predicted octanol–water partition coefficient (Wildman–Crippen LogP) is 20.1. The largest absolute Gasteiger partial charge is 0.462 e. The van der Waals surface area contributed by atoms with Crippen LogP contribution in [0, 0.1) is 0 Å². The van der Waals surface area contributed by atoms with Crippen LogP contribution in [-0.4, -0.2) is 37.9 Å². The Morgan fingerprint density at radius 3 is 1.05 bits per heavy atom. The molecule has 0 aliphatic carbocycles. The SMILES string of the molecule is CCCCC/C=C\C/C=C\CCCCCCCCCCCC(=O)OCC(COCCCCCCCCCCCCCC)OC(=O)CCCCCCCCCCC/C=C\CCCCCCCC. The molecule has 0 heterocycles. The lowest BCUT2D eigenvalue weighted by Crippen LogP contribution is -2.30. The van der Waals surface area contributed by atoms with Gasteiger partial charge in [0.05, 0.1) is 6.61 Å². The van der Waals surface area contributed by atoms with Gasteiger partial charge in [0, 0.05) is 19.4 Å². The fraction of sp³-hybridized carbons (Fsp3) is 0.869. The van der Waals surface area contributed by atoms with Crippen molar-refractivity contribution in [2.45, 2.75) is 322 Å². The topological polar surface area (TPSA) is 61.8 Å². The van der Waals surface area contributed by atoms with E-state index < -0.39 is 6.10 Å². The predicted molar refractivity (Wildman–Crippen MR) is 288 cm³/mol. The first-order valence-electron chi connectivity index (χ1n) is 29.5. The van der Waals surface area contributed by atoms with Crippen molar-refractivity contribution in [3.8, 4) is 0 Å². The first kappa shape index (κ1) is 64.1. The molecule has 0 saturated carbocycles. The van der Waals surface area contributed by atoms with Crippen molar-refractivity contribution in [1.82, 2.24) is 0 Å². The van der Waals surface area contributed by atoms with Gasteiger partial charge in [0.2, 0.25) is 0 Å². The highest BCUT2D eigenvalue weighted by Crippen LogP contribution is 2.16. The average Bonchev–Trinajstić information content (AvgIpc) is 3.32. The van der Waals surface area contributed by atoms with Gasteiger partial charge >= 0.3 is 11.9 Å². The summed E-state index contributed by atoms with van der Waals surface area (Å²) in [5.41, 5.74) is 0. The Kier molecular flexibility index (Phi) is 55.8. The highest BCUT2D eigenvalue weighted by atomic mass is 16.6. The third-order valence-electron chi connectivity index (χ3n) is 13.1. The standard InChI is InChI=1S/C61H114O5/c1-4-7-10-13-16-19-22-25-27-29-31-33-35-37-39-42-45-48-51-54-60(62)65-58-59(57-64-56-53-50-47-44-41-24-21-18-15-12-9-6-3)66-61(63)55-52-49-46-43-40-38-36-34-32-30-28-26-23-20-17-14-11-8-5-2/h16,19,25-28,59H,4-15,17-18,20-24,29-58H2,1-3H3/b19-16-,27-25-,28-26-. The maximum absolute atomic E-state index is 12.9. The molecule has 0 aromatic heterocycles. The summed E-state index contributed by atoms with van der Waals surface area (Å²) in [6.45, 7) is 7.85. The van der Waals surface area contributed by atoms with Crippen molar-refractivity contribution < 1.29 is 23.8 Å². The molecule has 0 aromatic carbocycles. The molecule has 0 aromatic rings. The number of hydrogen-bond acceptors (Lipinski definition) is 5. The summed E-state index contributed by atoms with van der Waals surface area (Å²) in [6, 6.07) is 0. The van der Waals surface area contributed by atoms with E-state index in [1.807, 2.05) is 0 Å². The van der Waals surface area contributed by atoms with Crippen LogP contribution in [0.5, 0.6) is 0 Å². The maximum Gasteiger partial charge on any atom is 0.306 e. The summed E-state index contributed by atoms with van der Waals surface area (Å²) in [5, 5.41) is 0. The highest BCUT2D eigenvalue weighted by Gasteiger charge is 2.17. The molecule has 0 aliphatic heterocycles. The first-order chi connectivity index (χ1) is 32.6. The molecular weight excluding hydrogens is 813 g/mol. The zero-order valence-electron chi connectivity index (χ0n) is 44.7. The summed E-state index contributed by atoms with van der Waals surface area (Å²) in [4.78, 5) is 25.5. The third-order valence-corrected chi connectivity index (χ3v) is 13.1. The summed E-state index contributed by atoms with van der Waals surface area (Å²) >= 11 is 0. The second-order valence-electron chi connectivity index (χ2n) is 19.9. The van der Waals surface area contributed by atoms with E-state index in [1.165, 1.54) is 244 Å². The van der Waals surface area contributed by atoms with Crippen molar-refractivity contribution in [3.05, 3.63) is 36.5 Å². The van der Waals surface area contributed by atoms with Gasteiger partial charge < -0.3 is 14.2 Å². The molecule has 0 fully saturated rings. The molecule has 0 bridgehead atoms. The summed E-state index contributed by atoms with van der Waals surface area (Å²) in [7, 11) is 0. The lowest BCUT2D eigenvalue weighted by Gasteiger charge is -2.18. The second-order valence-corrected chi connectivity index (χ2v) is 19.9. The Morgan fingerprint density at radius 2 is 0.636 bits per heavy atom. The minimum atomic E-state index is -0.534. The van der Waals surface area contributed by atoms with Crippen molar-refractivity contribution >= 4 is 11.9 Å². The van der Waals surface area contributed by atoms with Gasteiger partial charge in [-0.25, -0.2) is 0 Å². The van der Waals surface area contributed by atoms with E-state index in [0.717, 1.165) is 38.5 Å². The van der Waals surface area contributed by atoms with Crippen LogP contribution in [0.25, 0.3) is 0 Å². The highest BCUT2D eigenvalue weighted by molar-refractivity contribution is 5.70. The third kappa shape index (κ3) is 54.7. The van der Waals surface area contributed by atoms with Gasteiger partial charge in [-0.05, 0) is 77.0 Å². The van der Waals surface area contributed by atoms with Crippen LogP contribution < -0.4 is 0 Å². The number of carbonyl (C=O) groups is 2. The molecular formula is C61H114O5. The molecule has 5 heteroatoms. The quantitative estimate of drug-likeness (QED) is 0.0345. The van der Waals surface area contributed by atoms with E-state index >= 15 is 0 Å². The van der Waals surface area contributed by atoms with Crippen LogP contribution in [0.1, 0.15) is 316 Å². The van der Waals surface area contributed by atoms with E-state index in [1.54, 1.807) is 0 Å². The van der Waals surface area contributed by atoms with Gasteiger partial charge in [-0.1, -0.05) is 263 Å². The van der Waals surface area contributed by atoms with E-state index in [9.17, 15) is 9.59 Å². The number of esters is 2. The molecule has 0 spiro atoms. The molecule has 1 unspecified atom stereocenters. The molecule has 0 saturated heterocycles. The van der Waals surface area contributed by atoms with E-state index in [0.29, 0.717) is 26.1 Å². The molecule has 5 nitrogen and oxygen atoms in total. The first-order valence-corrected chi connectivity index (χ1v) is 29.5. The lowest BCUT2D eigenvalue weighted by molar-refractivity contribution is -0.163. The van der Waals surface area contributed by atoms with Crippen LogP contribution in [0.2, 0.25) is 0 Å². The Labute approximate surface area is 412 Å². The average molecular weight is 928 g/mol. The molecule has 0 N–H and O–H groups in total. The van der Waals surface area contributed by atoms with Crippen molar-refractivity contribution in [2.24, 2.45) is 0 Å². The summed E-state index contributed by atoms with van der Waals surface area (Å²) < 4.78 is 17.5. The maximum atomic E-state index is 12.9. The Morgan fingerprint density at radius 1 is 0.333 bits per heavy atom. The molecule has 0 amide bonds. The Bertz CT molecular complexity index is 1050. The smallest absolute Gasteiger partial charge is 0.306 e. The molecule has 0 rings (SSSR count). The fourth-order valence-electron chi connectivity index (χ4n) is 8.71. The molecule has 0 aliphatic rings. The second kappa shape index (κ2) is 57.4. The lowest BCUT2D eigenvalue weighted by atomic mass is 10.1. The molecule has 66 heavy (non-hydrogen) atoms. The van der Waals surface area contributed by atoms with Crippen LogP contribution in [0.3, 0.4) is 0 Å². The zero-order chi connectivity index (χ0) is 47.7. The number of hydrogen-bond donors (Lipinski definition) is 0. The van der Waals surface area contributed by atoms with Crippen LogP contribution in [0.4, 0.5) is 0 Å². The number of unbranched alkanes of at least 4 members (excludes halogenated alkanes) is 38. The van der Waals surface area contributed by atoms with Crippen molar-refractivity contribution in [2.75, 3.05) is 19.8 Å². The van der Waals surface area contributed by atoms with E-state index in [2.05, 4.69) is 57.2 Å². The summed E-state index contributed by atoms with van der Waals surface area (Å²) in [5.74, 6) is -0.385. The van der Waals surface area contributed by atoms with E-state index in [4.69, 9.17) is 14.2 Å². The summed E-state index contributed by atoms with van der Waals surface area (Å²) in [6.07, 6.45) is 70.2. The zero-order valence-corrected chi connectivity index (χ0v) is 44.7. The fourth-order valence-corrected chi connectivity index (χ4v) is 8.71. The van der Waals surface area contributed by atoms with E-state index in [-0.39, 0.29) is 18.5 Å². The van der Waals surface area contributed by atoms with Crippen LogP contribution >= 0.6 is 0 Å². The minimum absolute atomic E-state index is 0.0878. The number of carbonyl (C=O) groups excluding carboxylic acids is 2. The van der Waals surface area contributed by atoms with Crippen LogP contribution in [-0.2, 0) is 23.8 Å². The van der Waals surface area contributed by atoms with Gasteiger partial charge in [0.25, 0.3) is 0 Å². The van der Waals surface area contributed by atoms with Crippen LogP contribution in [0.15, 0.2) is 36.5 Å². The Balaban J connectivity index is 4.20. The van der Waals surface area contributed by atoms with Crippen molar-refractivity contribution in [1.29, 1.82) is 0 Å². The Hall–Kier alpha value is -1.88. The van der Waals surface area contributed by atoms with Gasteiger partial charge in [-0.2, -0.15) is 0 Å². The van der Waals surface area contributed by atoms with Crippen molar-refractivity contribution in [3.63, 3.8) is 0 Å². The van der Waals surface area contributed by atoms with Gasteiger partial charge in [0.15, 0.2) is 6.10 Å². The number of ether oxygens (including phenoxy) is 3. The number of rotatable bonds is 55. The molecule has 388 valence electrons. The number of allylic oxidation sites excluding steroid dienone is 6. The minimum Gasteiger partial charge on any atom is -0.462 e. The van der Waals surface area contributed by atoms with Gasteiger partial charge in [0.1, 0.15) is 6.61 Å².